The van der Waals surface area contributed by atoms with Crippen molar-refractivity contribution >= 4 is 34.4 Å². The van der Waals surface area contributed by atoms with Crippen LogP contribution in [0.25, 0.3) is 10.9 Å². The van der Waals surface area contributed by atoms with Crippen molar-refractivity contribution in [2.75, 3.05) is 18.5 Å². The van der Waals surface area contributed by atoms with E-state index in [2.05, 4.69) is 15.6 Å². The van der Waals surface area contributed by atoms with E-state index < -0.39 is 6.04 Å². The Kier molecular flexibility index (Phi) is 8.61. The van der Waals surface area contributed by atoms with E-state index in [0.717, 1.165) is 42.1 Å². The predicted molar refractivity (Wildman–Crippen MR) is 144 cm³/mol. The van der Waals surface area contributed by atoms with Crippen LogP contribution in [-0.2, 0) is 20.7 Å². The first-order chi connectivity index (χ1) is 17.9. The van der Waals surface area contributed by atoms with Crippen molar-refractivity contribution in [1.82, 2.24) is 10.3 Å². The maximum absolute atomic E-state index is 13.4. The predicted octanol–water partition coefficient (Wildman–Crippen LogP) is 4.08. The number of nitrogens with two attached hydrogens (primary N) is 1. The summed E-state index contributed by atoms with van der Waals surface area (Å²) in [6, 6.07) is 14.3. The molecule has 5 N–H and O–H groups in total. The highest BCUT2D eigenvalue weighted by Gasteiger charge is 2.29. The van der Waals surface area contributed by atoms with Gasteiger partial charge in [0.25, 0.3) is 0 Å². The summed E-state index contributed by atoms with van der Waals surface area (Å²) < 4.78 is 5.18. The molecule has 3 aromatic rings. The smallest absolute Gasteiger partial charge is 0.340 e. The first-order valence-corrected chi connectivity index (χ1v) is 13.0. The van der Waals surface area contributed by atoms with Gasteiger partial charge in [0.2, 0.25) is 11.8 Å². The van der Waals surface area contributed by atoms with E-state index in [9.17, 15) is 14.4 Å². The summed E-state index contributed by atoms with van der Waals surface area (Å²) in [5.41, 5.74) is 9.25. The quantitative estimate of drug-likeness (QED) is 0.327. The SMILES string of the molecule is CCOC(=O)c1c(C)[nH]c2cc(NC(=O)[C@@H](Cc3ccccc3)NC(=O)C3CCC(CN)CC3)ccc12. The van der Waals surface area contributed by atoms with Gasteiger partial charge in [0.1, 0.15) is 6.04 Å². The lowest BCUT2D eigenvalue weighted by atomic mass is 9.81. The molecule has 1 fully saturated rings. The Morgan fingerprint density at radius 1 is 1.08 bits per heavy atom. The van der Waals surface area contributed by atoms with E-state index in [0.29, 0.717) is 42.4 Å². The number of H-pyrrole nitrogens is 1. The van der Waals surface area contributed by atoms with Crippen molar-refractivity contribution < 1.29 is 19.1 Å². The van der Waals surface area contributed by atoms with Crippen molar-refractivity contribution in [3.05, 3.63) is 65.4 Å². The van der Waals surface area contributed by atoms with Gasteiger partial charge in [-0.05, 0) is 75.8 Å². The van der Waals surface area contributed by atoms with Crippen LogP contribution in [0.2, 0.25) is 0 Å². The molecule has 1 aliphatic carbocycles. The van der Waals surface area contributed by atoms with Crippen molar-refractivity contribution in [1.29, 1.82) is 0 Å². The molecule has 37 heavy (non-hydrogen) atoms. The molecule has 1 atom stereocenters. The van der Waals surface area contributed by atoms with Crippen molar-refractivity contribution in [2.45, 2.75) is 52.0 Å². The molecule has 0 radical (unpaired) electrons. The summed E-state index contributed by atoms with van der Waals surface area (Å²) in [5.74, 6) is -0.381. The lowest BCUT2D eigenvalue weighted by molar-refractivity contribution is -0.130. The zero-order chi connectivity index (χ0) is 26.4. The van der Waals surface area contributed by atoms with Crippen molar-refractivity contribution in [2.24, 2.45) is 17.6 Å². The number of aryl methyl sites for hydroxylation is 1. The number of hydrogen-bond acceptors (Lipinski definition) is 5. The zero-order valence-corrected chi connectivity index (χ0v) is 21.5. The van der Waals surface area contributed by atoms with Crippen LogP contribution in [0.1, 0.15) is 54.2 Å². The first-order valence-electron chi connectivity index (χ1n) is 13.0. The highest BCUT2D eigenvalue weighted by molar-refractivity contribution is 6.07. The van der Waals surface area contributed by atoms with Gasteiger partial charge in [0.05, 0.1) is 12.2 Å². The van der Waals surface area contributed by atoms with Crippen LogP contribution in [0.3, 0.4) is 0 Å². The molecule has 0 bridgehead atoms. The number of benzene rings is 2. The lowest BCUT2D eigenvalue weighted by Gasteiger charge is -2.28. The fraction of sp³-hybridized carbons (Fsp3) is 0.414. The fourth-order valence-corrected chi connectivity index (χ4v) is 5.11. The summed E-state index contributed by atoms with van der Waals surface area (Å²) in [5, 5.41) is 6.70. The third-order valence-corrected chi connectivity index (χ3v) is 7.20. The van der Waals surface area contributed by atoms with Crippen molar-refractivity contribution in [3.8, 4) is 0 Å². The van der Waals surface area contributed by atoms with Gasteiger partial charge in [0.15, 0.2) is 0 Å². The Balaban J connectivity index is 1.50. The lowest BCUT2D eigenvalue weighted by Crippen LogP contribution is -2.48. The Hall–Kier alpha value is -3.65. The van der Waals surface area contributed by atoms with Gasteiger partial charge in [-0.1, -0.05) is 30.3 Å². The van der Waals surface area contributed by atoms with E-state index in [1.165, 1.54) is 0 Å². The summed E-state index contributed by atoms with van der Waals surface area (Å²) >= 11 is 0. The van der Waals surface area contributed by atoms with Gasteiger partial charge in [0, 0.05) is 34.6 Å². The maximum atomic E-state index is 13.4. The topological polar surface area (TPSA) is 126 Å². The van der Waals surface area contributed by atoms with Crippen LogP contribution in [0, 0.1) is 18.8 Å². The highest BCUT2D eigenvalue weighted by Crippen LogP contribution is 2.29. The Bertz CT molecular complexity index is 1250. The van der Waals surface area contributed by atoms with Gasteiger partial charge in [-0.3, -0.25) is 9.59 Å². The number of anilines is 1. The number of carbonyl (C=O) groups excluding carboxylic acids is 3. The average molecular weight is 505 g/mol. The van der Waals surface area contributed by atoms with Gasteiger partial charge >= 0.3 is 5.97 Å². The molecule has 0 spiro atoms. The summed E-state index contributed by atoms with van der Waals surface area (Å²) in [7, 11) is 0. The Morgan fingerprint density at radius 2 is 1.81 bits per heavy atom. The number of nitrogens with one attached hydrogen (secondary N) is 3. The second-order valence-electron chi connectivity index (χ2n) is 9.80. The molecular weight excluding hydrogens is 468 g/mol. The fourth-order valence-electron chi connectivity index (χ4n) is 5.11. The van der Waals surface area contributed by atoms with Crippen molar-refractivity contribution in [3.63, 3.8) is 0 Å². The van der Waals surface area contributed by atoms with Gasteiger partial charge in [-0.25, -0.2) is 4.79 Å². The molecule has 1 saturated carbocycles. The minimum absolute atomic E-state index is 0.0823. The molecule has 1 heterocycles. The number of esters is 1. The average Bonchev–Trinajstić information content (AvgIpc) is 3.24. The molecule has 2 amide bonds. The number of ether oxygens (including phenoxy) is 1. The van der Waals surface area contributed by atoms with E-state index in [1.54, 1.807) is 25.1 Å². The largest absolute Gasteiger partial charge is 0.462 e. The van der Waals surface area contributed by atoms with E-state index >= 15 is 0 Å². The van der Waals surface area contributed by atoms with E-state index in [1.807, 2.05) is 37.3 Å². The maximum Gasteiger partial charge on any atom is 0.340 e. The van der Waals surface area contributed by atoms with E-state index in [-0.39, 0.29) is 23.7 Å². The third kappa shape index (κ3) is 6.38. The van der Waals surface area contributed by atoms with Crippen LogP contribution < -0.4 is 16.4 Å². The zero-order valence-electron chi connectivity index (χ0n) is 21.5. The number of amides is 2. The van der Waals surface area contributed by atoms with Gasteiger partial charge < -0.3 is 26.1 Å². The molecule has 1 aliphatic rings. The molecule has 196 valence electrons. The van der Waals surface area contributed by atoms with Crippen LogP contribution >= 0.6 is 0 Å². The summed E-state index contributed by atoms with van der Waals surface area (Å²) in [6.07, 6.45) is 3.84. The second-order valence-corrected chi connectivity index (χ2v) is 9.80. The molecule has 1 aromatic heterocycles. The highest BCUT2D eigenvalue weighted by atomic mass is 16.5. The molecule has 0 unspecified atom stereocenters. The number of fused-ring (bicyclic) bond motifs is 1. The van der Waals surface area contributed by atoms with Crippen LogP contribution in [-0.4, -0.2) is 42.0 Å². The Labute approximate surface area is 217 Å². The molecule has 2 aromatic carbocycles. The number of aromatic amines is 1. The Morgan fingerprint density at radius 3 is 2.49 bits per heavy atom. The third-order valence-electron chi connectivity index (χ3n) is 7.20. The molecule has 4 rings (SSSR count). The van der Waals surface area contributed by atoms with Gasteiger partial charge in [-0.2, -0.15) is 0 Å². The summed E-state index contributed by atoms with van der Waals surface area (Å²) in [6.45, 7) is 4.53. The molecule has 0 saturated heterocycles. The van der Waals surface area contributed by atoms with Crippen LogP contribution in [0.5, 0.6) is 0 Å². The second kappa shape index (κ2) is 12.1. The summed E-state index contributed by atoms with van der Waals surface area (Å²) in [4.78, 5) is 42.1. The number of rotatable bonds is 9. The molecule has 8 heteroatoms. The van der Waals surface area contributed by atoms with Crippen LogP contribution in [0.15, 0.2) is 48.5 Å². The monoisotopic (exact) mass is 504 g/mol. The van der Waals surface area contributed by atoms with E-state index in [4.69, 9.17) is 10.5 Å². The number of carbonyl (C=O) groups is 3. The van der Waals surface area contributed by atoms with Gasteiger partial charge in [-0.15, -0.1) is 0 Å². The molecule has 8 nitrogen and oxygen atoms in total. The molecular formula is C29H36N4O4. The first kappa shape index (κ1) is 26.4. The number of hydrogen-bond donors (Lipinski definition) is 4. The normalized spacial score (nSPS) is 18.2. The minimum Gasteiger partial charge on any atom is -0.462 e. The minimum atomic E-state index is -0.724. The van der Waals surface area contributed by atoms with Crippen LogP contribution in [0.4, 0.5) is 5.69 Å². The standard InChI is InChI=1S/C29H36N4O4/c1-3-37-29(36)26-18(2)31-24-16-22(13-14-23(24)26)32-28(35)25(15-19-7-5-4-6-8-19)33-27(34)21-11-9-20(17-30)10-12-21/h4-8,13-14,16,20-21,25,31H,3,9-12,15,17,30H2,1-2H3,(H,32,35)(H,33,34)/t20?,21?,25-/m1/s1. The molecule has 0 aliphatic heterocycles. The number of aromatic nitrogens is 1.